The molecule has 0 bridgehead atoms. The zero-order valence-corrected chi connectivity index (χ0v) is 9.12. The summed E-state index contributed by atoms with van der Waals surface area (Å²) in [5.41, 5.74) is 6.06. The first kappa shape index (κ1) is 12.9. The Morgan fingerprint density at radius 3 is 2.69 bits per heavy atom. The summed E-state index contributed by atoms with van der Waals surface area (Å²) in [6, 6.07) is 6.66. The molecule has 0 fully saturated rings. The maximum absolute atomic E-state index is 12.2. The van der Waals surface area contributed by atoms with Crippen LogP contribution < -0.4 is 15.8 Å². The van der Waals surface area contributed by atoms with Gasteiger partial charge in [0, 0.05) is 24.7 Å². The fraction of sp³-hybridized carbons (Fsp3) is 0.455. The van der Waals surface area contributed by atoms with Gasteiger partial charge in [0.15, 0.2) is 0 Å². The van der Waals surface area contributed by atoms with E-state index >= 15 is 0 Å². The SMILES string of the molecule is CC(NCCN)c1ccccc1OC(F)F. The van der Waals surface area contributed by atoms with Crippen LogP contribution in [0.4, 0.5) is 8.78 Å². The number of nitrogens with one attached hydrogen (secondary N) is 1. The van der Waals surface area contributed by atoms with E-state index in [1.54, 1.807) is 18.2 Å². The van der Waals surface area contributed by atoms with Crippen molar-refractivity contribution >= 4 is 0 Å². The molecule has 1 rings (SSSR count). The molecule has 0 spiro atoms. The van der Waals surface area contributed by atoms with Gasteiger partial charge in [-0.15, -0.1) is 0 Å². The van der Waals surface area contributed by atoms with Crippen LogP contribution in [-0.2, 0) is 0 Å². The first-order valence-electron chi connectivity index (χ1n) is 5.12. The first-order valence-corrected chi connectivity index (χ1v) is 5.12. The lowest BCUT2D eigenvalue weighted by molar-refractivity contribution is -0.0506. The van der Waals surface area contributed by atoms with Crippen molar-refractivity contribution in [1.29, 1.82) is 0 Å². The molecule has 0 aliphatic rings. The monoisotopic (exact) mass is 230 g/mol. The Labute approximate surface area is 93.6 Å². The summed E-state index contributed by atoms with van der Waals surface area (Å²) in [6.07, 6.45) is 0. The third-order valence-electron chi connectivity index (χ3n) is 2.20. The molecule has 0 saturated heterocycles. The predicted octanol–water partition coefficient (Wildman–Crippen LogP) is 1.90. The zero-order chi connectivity index (χ0) is 12.0. The second kappa shape index (κ2) is 6.40. The van der Waals surface area contributed by atoms with E-state index in [2.05, 4.69) is 10.1 Å². The second-order valence-corrected chi connectivity index (χ2v) is 3.38. The Kier molecular flexibility index (Phi) is 5.14. The van der Waals surface area contributed by atoms with Gasteiger partial charge >= 0.3 is 6.61 Å². The standard InChI is InChI=1S/C11H16F2N2O/c1-8(15-7-6-14)9-4-2-3-5-10(9)16-11(12)13/h2-5,8,11,15H,6-7,14H2,1H3. The van der Waals surface area contributed by atoms with E-state index < -0.39 is 6.61 Å². The lowest BCUT2D eigenvalue weighted by Crippen LogP contribution is -2.25. The minimum Gasteiger partial charge on any atom is -0.434 e. The first-order chi connectivity index (χ1) is 7.65. The smallest absolute Gasteiger partial charge is 0.387 e. The number of hydrogen-bond donors (Lipinski definition) is 2. The molecule has 0 saturated carbocycles. The van der Waals surface area contributed by atoms with Crippen molar-refractivity contribution in [3.05, 3.63) is 29.8 Å². The number of alkyl halides is 2. The van der Waals surface area contributed by atoms with Crippen LogP contribution in [-0.4, -0.2) is 19.7 Å². The highest BCUT2D eigenvalue weighted by atomic mass is 19.3. The average molecular weight is 230 g/mol. The number of nitrogens with two attached hydrogens (primary N) is 1. The molecular formula is C11H16F2N2O. The molecule has 3 nitrogen and oxygen atoms in total. The zero-order valence-electron chi connectivity index (χ0n) is 9.12. The summed E-state index contributed by atoms with van der Waals surface area (Å²) in [5, 5.41) is 3.11. The van der Waals surface area contributed by atoms with E-state index in [1.807, 2.05) is 6.92 Å². The minimum atomic E-state index is -2.80. The Morgan fingerprint density at radius 1 is 1.38 bits per heavy atom. The molecule has 16 heavy (non-hydrogen) atoms. The van der Waals surface area contributed by atoms with Crippen LogP contribution >= 0.6 is 0 Å². The van der Waals surface area contributed by atoms with Crippen LogP contribution in [0, 0.1) is 0 Å². The summed E-state index contributed by atoms with van der Waals surface area (Å²) in [5.74, 6) is 0.203. The number of rotatable bonds is 6. The van der Waals surface area contributed by atoms with Crippen molar-refractivity contribution < 1.29 is 13.5 Å². The lowest BCUT2D eigenvalue weighted by atomic mass is 10.1. The molecule has 0 amide bonds. The largest absolute Gasteiger partial charge is 0.434 e. The molecular weight excluding hydrogens is 214 g/mol. The summed E-state index contributed by atoms with van der Waals surface area (Å²) >= 11 is 0. The lowest BCUT2D eigenvalue weighted by Gasteiger charge is -2.17. The number of halogens is 2. The van der Waals surface area contributed by atoms with Crippen molar-refractivity contribution in [3.8, 4) is 5.75 Å². The van der Waals surface area contributed by atoms with Gasteiger partial charge in [-0.2, -0.15) is 8.78 Å². The quantitative estimate of drug-likeness (QED) is 0.784. The van der Waals surface area contributed by atoms with E-state index in [-0.39, 0.29) is 11.8 Å². The van der Waals surface area contributed by atoms with Gasteiger partial charge in [0.05, 0.1) is 0 Å². The molecule has 1 aromatic rings. The van der Waals surface area contributed by atoms with Gasteiger partial charge in [0.2, 0.25) is 0 Å². The summed E-state index contributed by atoms with van der Waals surface area (Å²) in [4.78, 5) is 0. The molecule has 1 atom stereocenters. The van der Waals surface area contributed by atoms with Crippen LogP contribution in [0.5, 0.6) is 5.75 Å². The second-order valence-electron chi connectivity index (χ2n) is 3.38. The van der Waals surface area contributed by atoms with Crippen molar-refractivity contribution in [2.45, 2.75) is 19.6 Å². The Morgan fingerprint density at radius 2 is 2.06 bits per heavy atom. The third-order valence-corrected chi connectivity index (χ3v) is 2.20. The fourth-order valence-corrected chi connectivity index (χ4v) is 1.45. The van der Waals surface area contributed by atoms with Crippen LogP contribution in [0.25, 0.3) is 0 Å². The van der Waals surface area contributed by atoms with Crippen LogP contribution in [0.1, 0.15) is 18.5 Å². The molecule has 0 radical (unpaired) electrons. The van der Waals surface area contributed by atoms with Gasteiger partial charge in [-0.05, 0) is 13.0 Å². The van der Waals surface area contributed by atoms with Crippen molar-refractivity contribution in [2.75, 3.05) is 13.1 Å². The molecule has 5 heteroatoms. The number of hydrogen-bond acceptors (Lipinski definition) is 3. The van der Waals surface area contributed by atoms with E-state index in [9.17, 15) is 8.78 Å². The van der Waals surface area contributed by atoms with Crippen LogP contribution in [0.2, 0.25) is 0 Å². The van der Waals surface area contributed by atoms with Crippen molar-refractivity contribution in [1.82, 2.24) is 5.32 Å². The Bertz CT molecular complexity index is 321. The Hall–Kier alpha value is -1.20. The molecule has 0 heterocycles. The summed E-state index contributed by atoms with van der Waals surface area (Å²) in [7, 11) is 0. The van der Waals surface area contributed by atoms with Crippen molar-refractivity contribution in [2.24, 2.45) is 5.73 Å². The molecule has 0 aromatic heterocycles. The predicted molar refractivity (Wildman–Crippen MR) is 58.5 cm³/mol. The van der Waals surface area contributed by atoms with Gasteiger partial charge < -0.3 is 15.8 Å². The average Bonchev–Trinajstić information content (AvgIpc) is 2.26. The molecule has 3 N–H and O–H groups in total. The number of ether oxygens (including phenoxy) is 1. The van der Waals surface area contributed by atoms with Gasteiger partial charge in [-0.3, -0.25) is 0 Å². The highest BCUT2D eigenvalue weighted by Gasteiger charge is 2.13. The number of benzene rings is 1. The third kappa shape index (κ3) is 3.75. The molecule has 90 valence electrons. The van der Waals surface area contributed by atoms with E-state index in [0.717, 1.165) is 0 Å². The fourth-order valence-electron chi connectivity index (χ4n) is 1.45. The van der Waals surface area contributed by atoms with Gasteiger partial charge in [-0.25, -0.2) is 0 Å². The van der Waals surface area contributed by atoms with Gasteiger partial charge in [-0.1, -0.05) is 18.2 Å². The maximum Gasteiger partial charge on any atom is 0.387 e. The summed E-state index contributed by atoms with van der Waals surface area (Å²) in [6.45, 7) is 0.207. The van der Waals surface area contributed by atoms with Crippen LogP contribution in [0.15, 0.2) is 24.3 Å². The van der Waals surface area contributed by atoms with E-state index in [4.69, 9.17) is 5.73 Å². The van der Waals surface area contributed by atoms with Crippen LogP contribution in [0.3, 0.4) is 0 Å². The van der Waals surface area contributed by atoms with Crippen molar-refractivity contribution in [3.63, 3.8) is 0 Å². The topological polar surface area (TPSA) is 47.3 Å². The summed E-state index contributed by atoms with van der Waals surface area (Å²) < 4.78 is 28.7. The van der Waals surface area contributed by atoms with Gasteiger partial charge in [0.25, 0.3) is 0 Å². The Balaban J connectivity index is 2.76. The molecule has 0 aliphatic heterocycles. The highest BCUT2D eigenvalue weighted by Crippen LogP contribution is 2.25. The maximum atomic E-state index is 12.2. The highest BCUT2D eigenvalue weighted by molar-refractivity contribution is 5.35. The normalized spacial score (nSPS) is 12.8. The molecule has 1 aromatic carbocycles. The number of para-hydroxylation sites is 1. The molecule has 0 aliphatic carbocycles. The van der Waals surface area contributed by atoms with E-state index in [1.165, 1.54) is 6.07 Å². The van der Waals surface area contributed by atoms with E-state index in [0.29, 0.717) is 18.7 Å². The minimum absolute atomic E-state index is 0.0708. The molecule has 1 unspecified atom stereocenters. The van der Waals surface area contributed by atoms with Gasteiger partial charge in [0.1, 0.15) is 5.75 Å².